The molecule has 1 aromatic carbocycles. The lowest BCUT2D eigenvalue weighted by atomic mass is 10.1. The SMILES string of the molecule is CCC(=O)c1ccc(C=CCN=[N+]=[N-])cc1. The van der Waals surface area contributed by atoms with E-state index in [2.05, 4.69) is 10.0 Å². The molecular weight excluding hydrogens is 202 g/mol. The third kappa shape index (κ3) is 3.59. The Morgan fingerprint density at radius 1 is 1.44 bits per heavy atom. The van der Waals surface area contributed by atoms with Crippen molar-refractivity contribution >= 4 is 11.9 Å². The Balaban J connectivity index is 2.67. The largest absolute Gasteiger partial charge is 0.294 e. The van der Waals surface area contributed by atoms with Gasteiger partial charge in [0.05, 0.1) is 0 Å². The minimum absolute atomic E-state index is 0.143. The number of hydrogen-bond donors (Lipinski definition) is 0. The Hall–Kier alpha value is -2.06. The van der Waals surface area contributed by atoms with Gasteiger partial charge in [-0.15, -0.1) is 0 Å². The number of ketones is 1. The Morgan fingerprint density at radius 2 is 2.12 bits per heavy atom. The first-order valence-corrected chi connectivity index (χ1v) is 5.08. The van der Waals surface area contributed by atoms with Crippen molar-refractivity contribution in [3.8, 4) is 0 Å². The van der Waals surface area contributed by atoms with E-state index in [1.807, 2.05) is 25.1 Å². The maximum Gasteiger partial charge on any atom is 0.162 e. The molecule has 0 amide bonds. The van der Waals surface area contributed by atoms with Gasteiger partial charge in [0.2, 0.25) is 0 Å². The summed E-state index contributed by atoms with van der Waals surface area (Å²) >= 11 is 0. The molecule has 1 rings (SSSR count). The van der Waals surface area contributed by atoms with Crippen molar-refractivity contribution in [3.05, 3.63) is 51.9 Å². The molecule has 0 bridgehead atoms. The number of azide groups is 1. The van der Waals surface area contributed by atoms with Gasteiger partial charge in [-0.3, -0.25) is 4.79 Å². The third-order valence-corrected chi connectivity index (χ3v) is 2.11. The normalized spacial score (nSPS) is 10.1. The molecule has 0 aliphatic carbocycles. The maximum absolute atomic E-state index is 11.4. The van der Waals surface area contributed by atoms with Crippen molar-refractivity contribution in [1.82, 2.24) is 0 Å². The monoisotopic (exact) mass is 215 g/mol. The molecule has 0 fully saturated rings. The van der Waals surface area contributed by atoms with Gasteiger partial charge >= 0.3 is 0 Å². The summed E-state index contributed by atoms with van der Waals surface area (Å²) in [5.41, 5.74) is 9.79. The van der Waals surface area contributed by atoms with E-state index in [0.717, 1.165) is 11.1 Å². The quantitative estimate of drug-likeness (QED) is 0.320. The molecular formula is C12H13N3O. The summed E-state index contributed by atoms with van der Waals surface area (Å²) < 4.78 is 0. The van der Waals surface area contributed by atoms with Crippen LogP contribution in [-0.4, -0.2) is 12.3 Å². The molecule has 0 N–H and O–H groups in total. The molecule has 0 aromatic heterocycles. The van der Waals surface area contributed by atoms with Crippen molar-refractivity contribution < 1.29 is 4.79 Å². The van der Waals surface area contributed by atoms with Crippen molar-refractivity contribution in [2.24, 2.45) is 5.11 Å². The van der Waals surface area contributed by atoms with Gasteiger partial charge in [0.1, 0.15) is 0 Å². The Labute approximate surface area is 94.2 Å². The average molecular weight is 215 g/mol. The van der Waals surface area contributed by atoms with Crippen LogP contribution in [0.2, 0.25) is 0 Å². The summed E-state index contributed by atoms with van der Waals surface area (Å²) in [6.07, 6.45) is 4.15. The molecule has 0 atom stereocenters. The molecule has 0 unspecified atom stereocenters. The van der Waals surface area contributed by atoms with Gasteiger partial charge in [0.25, 0.3) is 0 Å². The highest BCUT2D eigenvalue weighted by Crippen LogP contribution is 2.08. The van der Waals surface area contributed by atoms with E-state index in [9.17, 15) is 4.79 Å². The lowest BCUT2D eigenvalue weighted by Crippen LogP contribution is -1.95. The smallest absolute Gasteiger partial charge is 0.162 e. The summed E-state index contributed by atoms with van der Waals surface area (Å²) in [5.74, 6) is 0.143. The fourth-order valence-corrected chi connectivity index (χ4v) is 1.26. The average Bonchev–Trinajstić information content (AvgIpc) is 2.34. The minimum Gasteiger partial charge on any atom is -0.294 e. The first kappa shape index (κ1) is 12.0. The van der Waals surface area contributed by atoms with Crippen molar-refractivity contribution in [1.29, 1.82) is 0 Å². The topological polar surface area (TPSA) is 65.8 Å². The van der Waals surface area contributed by atoms with Crippen LogP contribution in [0.1, 0.15) is 29.3 Å². The summed E-state index contributed by atoms with van der Waals surface area (Å²) in [6.45, 7) is 2.18. The van der Waals surface area contributed by atoms with Crippen LogP contribution in [0.3, 0.4) is 0 Å². The van der Waals surface area contributed by atoms with Crippen molar-refractivity contribution in [2.75, 3.05) is 6.54 Å². The van der Waals surface area contributed by atoms with Crippen molar-refractivity contribution in [2.45, 2.75) is 13.3 Å². The van der Waals surface area contributed by atoms with Crippen LogP contribution >= 0.6 is 0 Å². The second-order valence-electron chi connectivity index (χ2n) is 3.21. The third-order valence-electron chi connectivity index (χ3n) is 2.11. The van der Waals surface area contributed by atoms with E-state index < -0.39 is 0 Å². The van der Waals surface area contributed by atoms with Gasteiger partial charge < -0.3 is 0 Å². The highest BCUT2D eigenvalue weighted by molar-refractivity contribution is 5.95. The summed E-state index contributed by atoms with van der Waals surface area (Å²) in [7, 11) is 0. The predicted molar refractivity (Wildman–Crippen MR) is 64.1 cm³/mol. The van der Waals surface area contributed by atoms with Crippen LogP contribution in [0.5, 0.6) is 0 Å². The molecule has 4 heteroatoms. The minimum atomic E-state index is 0.143. The highest BCUT2D eigenvalue weighted by atomic mass is 16.1. The van der Waals surface area contributed by atoms with Gasteiger partial charge in [0, 0.05) is 23.4 Å². The fourth-order valence-electron chi connectivity index (χ4n) is 1.26. The fraction of sp³-hybridized carbons (Fsp3) is 0.250. The van der Waals surface area contributed by atoms with Crippen LogP contribution in [0.25, 0.3) is 16.5 Å². The molecule has 0 saturated carbocycles. The van der Waals surface area contributed by atoms with Crippen molar-refractivity contribution in [3.63, 3.8) is 0 Å². The Kier molecular flexibility index (Phi) is 4.83. The van der Waals surface area contributed by atoms with Crippen LogP contribution in [0.15, 0.2) is 35.5 Å². The van der Waals surface area contributed by atoms with E-state index in [1.165, 1.54) is 0 Å². The molecule has 16 heavy (non-hydrogen) atoms. The first-order chi connectivity index (χ1) is 7.77. The van der Waals surface area contributed by atoms with E-state index in [4.69, 9.17) is 5.53 Å². The summed E-state index contributed by atoms with van der Waals surface area (Å²) in [5, 5.41) is 3.39. The molecule has 0 radical (unpaired) electrons. The molecule has 4 nitrogen and oxygen atoms in total. The second kappa shape index (κ2) is 6.43. The predicted octanol–water partition coefficient (Wildman–Crippen LogP) is 3.60. The number of rotatable bonds is 5. The highest BCUT2D eigenvalue weighted by Gasteiger charge is 2.00. The first-order valence-electron chi connectivity index (χ1n) is 5.08. The maximum atomic E-state index is 11.4. The van der Waals surface area contributed by atoms with Gasteiger partial charge in [-0.25, -0.2) is 0 Å². The van der Waals surface area contributed by atoms with Crippen LogP contribution in [0, 0.1) is 0 Å². The van der Waals surface area contributed by atoms with E-state index >= 15 is 0 Å². The number of benzene rings is 1. The molecule has 82 valence electrons. The lowest BCUT2D eigenvalue weighted by molar-refractivity contribution is 0.0988. The molecule has 0 saturated heterocycles. The van der Waals surface area contributed by atoms with E-state index in [-0.39, 0.29) is 5.78 Å². The number of Topliss-reactive ketones (excluding diaryl/α,β-unsaturated/α-hetero) is 1. The molecule has 1 aromatic rings. The lowest BCUT2D eigenvalue weighted by Gasteiger charge is -1.98. The van der Waals surface area contributed by atoms with E-state index in [1.54, 1.807) is 18.2 Å². The molecule has 0 aliphatic rings. The summed E-state index contributed by atoms with van der Waals surface area (Å²) in [4.78, 5) is 14.0. The van der Waals surface area contributed by atoms with Crippen LogP contribution in [0.4, 0.5) is 0 Å². The van der Waals surface area contributed by atoms with E-state index in [0.29, 0.717) is 13.0 Å². The van der Waals surface area contributed by atoms with Gasteiger partial charge in [-0.1, -0.05) is 48.5 Å². The zero-order valence-corrected chi connectivity index (χ0v) is 9.13. The van der Waals surface area contributed by atoms with Gasteiger partial charge in [0.15, 0.2) is 5.78 Å². The Bertz CT molecular complexity index is 428. The second-order valence-corrected chi connectivity index (χ2v) is 3.21. The van der Waals surface area contributed by atoms with Gasteiger partial charge in [-0.2, -0.15) is 0 Å². The number of carbonyl (C=O) groups excluding carboxylic acids is 1. The zero-order chi connectivity index (χ0) is 11.8. The number of carbonyl (C=O) groups is 1. The number of hydrogen-bond acceptors (Lipinski definition) is 2. The van der Waals surface area contributed by atoms with Crippen LogP contribution in [-0.2, 0) is 0 Å². The zero-order valence-electron chi connectivity index (χ0n) is 9.13. The molecule has 0 aliphatic heterocycles. The van der Waals surface area contributed by atoms with Gasteiger partial charge in [-0.05, 0) is 11.1 Å². The van der Waals surface area contributed by atoms with Crippen LogP contribution < -0.4 is 0 Å². The Morgan fingerprint density at radius 3 is 2.69 bits per heavy atom. The number of nitrogens with zero attached hydrogens (tertiary/aromatic N) is 3. The molecule has 0 spiro atoms. The summed E-state index contributed by atoms with van der Waals surface area (Å²) in [6, 6.07) is 7.35. The molecule has 0 heterocycles. The standard InChI is InChI=1S/C12H13N3O/c1-2-12(16)11-7-5-10(6-8-11)4-3-9-14-15-13/h3-8H,2,9H2,1H3.